The third kappa shape index (κ3) is 25.3. The summed E-state index contributed by atoms with van der Waals surface area (Å²) in [5, 5.41) is 0. The smallest absolute Gasteiger partial charge is 0.305 e. The summed E-state index contributed by atoms with van der Waals surface area (Å²) in [4.78, 5) is 11.5. The lowest BCUT2D eigenvalue weighted by Gasteiger charge is -2.08. The van der Waals surface area contributed by atoms with E-state index in [0.717, 1.165) is 32.3 Å². The lowest BCUT2D eigenvalue weighted by atomic mass is 10.1. The Morgan fingerprint density at radius 1 is 0.483 bits per heavy atom. The summed E-state index contributed by atoms with van der Waals surface area (Å²) in [5.41, 5.74) is 0. The number of carbonyl (C=O) groups excluding carboxylic acids is 1. The second kappa shape index (κ2) is 25.3. The first kappa shape index (κ1) is 28.3. The van der Waals surface area contributed by atoms with Crippen LogP contribution in [0.1, 0.15) is 84.5 Å². The molecule has 0 bridgehead atoms. The van der Waals surface area contributed by atoms with Crippen LogP contribution in [-0.4, -0.2) is 65.4 Å². The molecule has 0 heterocycles. The summed E-state index contributed by atoms with van der Waals surface area (Å²) >= 11 is 0. The van der Waals surface area contributed by atoms with Crippen molar-refractivity contribution >= 4 is 5.97 Å². The molecule has 0 saturated carbocycles. The van der Waals surface area contributed by atoms with Gasteiger partial charge >= 0.3 is 5.97 Å². The maximum atomic E-state index is 11.5. The Balaban J connectivity index is 3.07. The molecule has 0 aliphatic carbocycles. The van der Waals surface area contributed by atoms with Crippen LogP contribution in [-0.2, 0) is 28.5 Å². The van der Waals surface area contributed by atoms with Crippen LogP contribution < -0.4 is 0 Å². The van der Waals surface area contributed by atoms with Gasteiger partial charge in [0.1, 0.15) is 0 Å². The molecule has 0 unspecified atom stereocenters. The van der Waals surface area contributed by atoms with Gasteiger partial charge in [0, 0.05) is 19.6 Å². The minimum absolute atomic E-state index is 0.131. The maximum Gasteiger partial charge on any atom is 0.305 e. The van der Waals surface area contributed by atoms with E-state index >= 15 is 0 Å². The Kier molecular flexibility index (Phi) is 24.7. The number of carbonyl (C=O) groups is 1. The summed E-state index contributed by atoms with van der Waals surface area (Å²) in [6, 6.07) is 0. The van der Waals surface area contributed by atoms with E-state index in [1.54, 1.807) is 0 Å². The van der Waals surface area contributed by atoms with Crippen molar-refractivity contribution in [1.29, 1.82) is 0 Å². The number of unbranched alkanes of at least 4 members (excludes halogenated alkanes) is 7. The van der Waals surface area contributed by atoms with Crippen molar-refractivity contribution in [2.45, 2.75) is 84.5 Å². The molecule has 0 fully saturated rings. The molecule has 0 amide bonds. The fraction of sp³-hybridized carbons (Fsp3) is 0.957. The van der Waals surface area contributed by atoms with E-state index < -0.39 is 0 Å². The van der Waals surface area contributed by atoms with Gasteiger partial charge in [-0.05, 0) is 19.3 Å². The largest absolute Gasteiger partial charge is 0.466 e. The van der Waals surface area contributed by atoms with Crippen LogP contribution in [0.2, 0.25) is 0 Å². The van der Waals surface area contributed by atoms with Crippen molar-refractivity contribution in [3.63, 3.8) is 0 Å². The molecule has 0 radical (unpaired) electrons. The zero-order valence-electron chi connectivity index (χ0n) is 19.1. The van der Waals surface area contributed by atoms with Gasteiger partial charge in [-0.25, -0.2) is 0 Å². The third-order valence-corrected chi connectivity index (χ3v) is 4.44. The second-order valence-corrected chi connectivity index (χ2v) is 7.25. The maximum absolute atomic E-state index is 11.5. The number of rotatable bonds is 24. The Labute approximate surface area is 178 Å². The first-order valence-electron chi connectivity index (χ1n) is 11.8. The molecule has 0 aromatic rings. The summed E-state index contributed by atoms with van der Waals surface area (Å²) in [6.07, 6.45) is 12.0. The van der Waals surface area contributed by atoms with Crippen molar-refractivity contribution in [3.05, 3.63) is 0 Å². The highest BCUT2D eigenvalue weighted by Crippen LogP contribution is 2.04. The summed E-state index contributed by atoms with van der Waals surface area (Å²) in [5.74, 6) is -0.131. The van der Waals surface area contributed by atoms with Gasteiger partial charge in [-0.1, -0.05) is 58.8 Å². The summed E-state index contributed by atoms with van der Waals surface area (Å²) < 4.78 is 27.1. The molecule has 0 N–H and O–H groups in total. The quantitative estimate of drug-likeness (QED) is 0.164. The summed E-state index contributed by atoms with van der Waals surface area (Å²) in [6.45, 7) is 9.77. The number of ether oxygens (including phenoxy) is 5. The minimum atomic E-state index is -0.131. The molecule has 0 aromatic heterocycles. The van der Waals surface area contributed by atoms with Crippen molar-refractivity contribution in [3.8, 4) is 0 Å². The van der Waals surface area contributed by atoms with E-state index in [-0.39, 0.29) is 5.97 Å². The molecule has 6 nitrogen and oxygen atoms in total. The Morgan fingerprint density at radius 2 is 0.897 bits per heavy atom. The van der Waals surface area contributed by atoms with Gasteiger partial charge in [-0.3, -0.25) is 4.79 Å². The number of esters is 1. The Hall–Kier alpha value is -0.690. The average molecular weight is 419 g/mol. The van der Waals surface area contributed by atoms with E-state index in [0.29, 0.717) is 65.7 Å². The number of hydrogen-bond donors (Lipinski definition) is 0. The molecule has 0 aliphatic heterocycles. The molecule has 0 saturated heterocycles. The molecule has 29 heavy (non-hydrogen) atoms. The van der Waals surface area contributed by atoms with Gasteiger partial charge in [-0.2, -0.15) is 0 Å². The predicted octanol–water partition coefficient (Wildman–Crippen LogP) is 4.93. The SMILES string of the molecule is CCCCCCCCOCCOCCOCCOCCCC(=O)OCCCCC. The van der Waals surface area contributed by atoms with E-state index in [2.05, 4.69) is 13.8 Å². The fourth-order valence-electron chi connectivity index (χ4n) is 2.68. The van der Waals surface area contributed by atoms with Crippen molar-refractivity contribution in [2.75, 3.05) is 59.5 Å². The van der Waals surface area contributed by atoms with E-state index in [1.165, 1.54) is 32.1 Å². The van der Waals surface area contributed by atoms with E-state index in [1.807, 2.05) is 0 Å². The zero-order valence-corrected chi connectivity index (χ0v) is 19.1. The zero-order chi connectivity index (χ0) is 21.3. The van der Waals surface area contributed by atoms with Crippen molar-refractivity contribution in [2.24, 2.45) is 0 Å². The molecular formula is C23H46O6. The lowest BCUT2D eigenvalue weighted by molar-refractivity contribution is -0.144. The van der Waals surface area contributed by atoms with Gasteiger partial charge in [0.25, 0.3) is 0 Å². The molecule has 0 rings (SSSR count). The third-order valence-electron chi connectivity index (χ3n) is 4.44. The van der Waals surface area contributed by atoms with Gasteiger partial charge in [0.15, 0.2) is 0 Å². The van der Waals surface area contributed by atoms with Crippen molar-refractivity contribution in [1.82, 2.24) is 0 Å². The van der Waals surface area contributed by atoms with Gasteiger partial charge in [0.2, 0.25) is 0 Å². The van der Waals surface area contributed by atoms with E-state index in [4.69, 9.17) is 23.7 Å². The van der Waals surface area contributed by atoms with Crippen LogP contribution >= 0.6 is 0 Å². The minimum Gasteiger partial charge on any atom is -0.466 e. The monoisotopic (exact) mass is 418 g/mol. The standard InChI is InChI=1S/C23H46O6/c1-3-5-7-8-9-11-14-25-17-19-27-21-22-28-20-18-26-15-12-13-23(24)29-16-10-6-4-2/h3-22H2,1-2H3. The molecule has 0 atom stereocenters. The van der Waals surface area contributed by atoms with Crippen LogP contribution in [0.15, 0.2) is 0 Å². The molecular weight excluding hydrogens is 372 g/mol. The normalized spacial score (nSPS) is 11.1. The van der Waals surface area contributed by atoms with Gasteiger partial charge in [-0.15, -0.1) is 0 Å². The predicted molar refractivity (Wildman–Crippen MR) is 116 cm³/mol. The lowest BCUT2D eigenvalue weighted by Crippen LogP contribution is -2.12. The average Bonchev–Trinajstić information content (AvgIpc) is 2.73. The Bertz CT molecular complexity index is 324. The van der Waals surface area contributed by atoms with Gasteiger partial charge in [0.05, 0.1) is 46.2 Å². The van der Waals surface area contributed by atoms with Crippen molar-refractivity contribution < 1.29 is 28.5 Å². The molecule has 174 valence electrons. The molecule has 0 aliphatic rings. The summed E-state index contributed by atoms with van der Waals surface area (Å²) in [7, 11) is 0. The highest BCUT2D eigenvalue weighted by molar-refractivity contribution is 5.69. The van der Waals surface area contributed by atoms with Crippen LogP contribution in [0.4, 0.5) is 0 Å². The molecule has 0 spiro atoms. The highest BCUT2D eigenvalue weighted by Gasteiger charge is 2.02. The molecule has 0 aromatic carbocycles. The topological polar surface area (TPSA) is 63.2 Å². The van der Waals surface area contributed by atoms with Crippen LogP contribution in [0.25, 0.3) is 0 Å². The van der Waals surface area contributed by atoms with Crippen LogP contribution in [0.3, 0.4) is 0 Å². The van der Waals surface area contributed by atoms with Crippen LogP contribution in [0.5, 0.6) is 0 Å². The first-order chi connectivity index (χ1) is 14.3. The first-order valence-corrected chi connectivity index (χ1v) is 11.8. The number of hydrogen-bond acceptors (Lipinski definition) is 6. The van der Waals surface area contributed by atoms with E-state index in [9.17, 15) is 4.79 Å². The Morgan fingerprint density at radius 3 is 1.48 bits per heavy atom. The molecule has 6 heteroatoms. The fourth-order valence-corrected chi connectivity index (χ4v) is 2.68. The van der Waals surface area contributed by atoms with Crippen LogP contribution in [0, 0.1) is 0 Å². The van der Waals surface area contributed by atoms with Gasteiger partial charge < -0.3 is 23.7 Å². The second-order valence-electron chi connectivity index (χ2n) is 7.25. The highest BCUT2D eigenvalue weighted by atomic mass is 16.6.